The van der Waals surface area contributed by atoms with Crippen LogP contribution in [-0.4, -0.2) is 64.6 Å². The molecule has 0 spiro atoms. The first kappa shape index (κ1) is 14.1. The third-order valence-electron chi connectivity index (χ3n) is 3.64. The van der Waals surface area contributed by atoms with Crippen molar-refractivity contribution in [3.63, 3.8) is 0 Å². The summed E-state index contributed by atoms with van der Waals surface area (Å²) >= 11 is 0. The lowest BCUT2D eigenvalue weighted by atomic mass is 10.0. The van der Waals surface area contributed by atoms with Crippen LogP contribution >= 0.6 is 0 Å². The molecule has 7 nitrogen and oxygen atoms in total. The molecule has 108 valence electrons. The second kappa shape index (κ2) is 5.75. The number of carboxylic acid groups (broad SMARTS) is 1. The maximum Gasteiger partial charge on any atom is 0.326 e. The Bertz CT molecular complexity index is 362. The fourth-order valence-corrected chi connectivity index (χ4v) is 2.66. The zero-order chi connectivity index (χ0) is 14.0. The van der Waals surface area contributed by atoms with Crippen molar-refractivity contribution in [3.05, 3.63) is 0 Å². The van der Waals surface area contributed by atoms with Gasteiger partial charge in [-0.25, -0.2) is 9.59 Å². The van der Waals surface area contributed by atoms with Gasteiger partial charge in [-0.05, 0) is 19.8 Å². The summed E-state index contributed by atoms with van der Waals surface area (Å²) in [6.45, 7) is 2.61. The quantitative estimate of drug-likeness (QED) is 0.645. The fraction of sp³-hybridized carbons (Fsp3) is 0.833. The number of aliphatic hydroxyl groups is 1. The molecule has 3 N–H and O–H groups in total. The molecular formula is C12H20N2O5. The SMILES string of the molecule is CC1CC(NC(=O)N2C[C@H](O)C[C@H]2C(=O)O)CCO1. The number of likely N-dealkylation sites (tertiary alicyclic amines) is 1. The van der Waals surface area contributed by atoms with Crippen molar-refractivity contribution in [2.45, 2.75) is 50.5 Å². The summed E-state index contributed by atoms with van der Waals surface area (Å²) in [6, 6.07) is -1.35. The zero-order valence-electron chi connectivity index (χ0n) is 10.9. The van der Waals surface area contributed by atoms with Gasteiger partial charge in [-0.15, -0.1) is 0 Å². The van der Waals surface area contributed by atoms with Crippen LogP contribution in [0.25, 0.3) is 0 Å². The Balaban J connectivity index is 1.93. The van der Waals surface area contributed by atoms with E-state index in [2.05, 4.69) is 5.32 Å². The number of carbonyl (C=O) groups excluding carboxylic acids is 1. The second-order valence-corrected chi connectivity index (χ2v) is 5.25. The Hall–Kier alpha value is -1.34. The number of carbonyl (C=O) groups is 2. The number of nitrogens with one attached hydrogen (secondary N) is 1. The average molecular weight is 272 g/mol. The highest BCUT2D eigenvalue weighted by molar-refractivity contribution is 5.83. The predicted molar refractivity (Wildman–Crippen MR) is 65.7 cm³/mol. The van der Waals surface area contributed by atoms with Crippen molar-refractivity contribution in [2.24, 2.45) is 0 Å². The van der Waals surface area contributed by atoms with Crippen molar-refractivity contribution in [2.75, 3.05) is 13.2 Å². The molecule has 0 aromatic rings. The van der Waals surface area contributed by atoms with Crippen LogP contribution < -0.4 is 5.32 Å². The summed E-state index contributed by atoms with van der Waals surface area (Å²) in [4.78, 5) is 24.3. The molecule has 2 aliphatic heterocycles. The zero-order valence-corrected chi connectivity index (χ0v) is 10.9. The van der Waals surface area contributed by atoms with Crippen LogP contribution in [0, 0.1) is 0 Å². The predicted octanol–water partition coefficient (Wildman–Crippen LogP) is -0.217. The number of aliphatic carboxylic acids is 1. The molecule has 2 unspecified atom stereocenters. The number of β-amino-alcohol motifs (C(OH)–C–C–N with tert-alkyl or cyclic N) is 1. The van der Waals surface area contributed by atoms with E-state index in [1.807, 2.05) is 6.92 Å². The molecule has 0 radical (unpaired) electrons. The molecule has 4 atom stereocenters. The normalized spacial score (nSPS) is 35.2. The first-order valence-corrected chi connectivity index (χ1v) is 6.57. The van der Waals surface area contributed by atoms with Crippen LogP contribution in [-0.2, 0) is 9.53 Å². The smallest absolute Gasteiger partial charge is 0.326 e. The molecule has 0 aliphatic carbocycles. The maximum atomic E-state index is 12.1. The van der Waals surface area contributed by atoms with Crippen LogP contribution in [0.15, 0.2) is 0 Å². The van der Waals surface area contributed by atoms with Gasteiger partial charge in [0.25, 0.3) is 0 Å². The van der Waals surface area contributed by atoms with E-state index < -0.39 is 24.1 Å². The lowest BCUT2D eigenvalue weighted by Crippen LogP contribution is -2.51. The summed E-state index contributed by atoms with van der Waals surface area (Å²) in [7, 11) is 0. The molecular weight excluding hydrogens is 252 g/mol. The Morgan fingerprint density at radius 2 is 2.11 bits per heavy atom. The lowest BCUT2D eigenvalue weighted by Gasteiger charge is -2.30. The number of rotatable bonds is 2. The summed E-state index contributed by atoms with van der Waals surface area (Å²) in [6.07, 6.45) is 0.871. The number of ether oxygens (including phenoxy) is 1. The standard InChI is InChI=1S/C12H20N2O5/c1-7-4-8(2-3-19-7)13-12(18)14-6-9(15)5-10(14)11(16)17/h7-10,15H,2-6H2,1H3,(H,13,18)(H,16,17)/t7?,8?,9-,10+/m1/s1. The van der Waals surface area contributed by atoms with Crippen molar-refractivity contribution in [1.29, 1.82) is 0 Å². The van der Waals surface area contributed by atoms with Gasteiger partial charge in [-0.1, -0.05) is 0 Å². The molecule has 0 saturated carbocycles. The topological polar surface area (TPSA) is 99.1 Å². The Kier molecular flexibility index (Phi) is 4.26. The number of aliphatic hydroxyl groups excluding tert-OH is 1. The summed E-state index contributed by atoms with van der Waals surface area (Å²) in [5.41, 5.74) is 0. The monoisotopic (exact) mass is 272 g/mol. The van der Waals surface area contributed by atoms with E-state index >= 15 is 0 Å². The van der Waals surface area contributed by atoms with Crippen LogP contribution in [0.1, 0.15) is 26.2 Å². The second-order valence-electron chi connectivity index (χ2n) is 5.25. The minimum absolute atomic E-state index is 0.00318. The van der Waals surface area contributed by atoms with Crippen LogP contribution in [0.4, 0.5) is 4.79 Å². The van der Waals surface area contributed by atoms with Crippen molar-refractivity contribution in [3.8, 4) is 0 Å². The summed E-state index contributed by atoms with van der Waals surface area (Å²) < 4.78 is 5.39. The van der Waals surface area contributed by atoms with Gasteiger partial charge in [0.05, 0.1) is 12.2 Å². The van der Waals surface area contributed by atoms with Gasteiger partial charge in [-0.2, -0.15) is 0 Å². The van der Waals surface area contributed by atoms with E-state index in [-0.39, 0.29) is 25.1 Å². The van der Waals surface area contributed by atoms with Crippen molar-refractivity contribution < 1.29 is 24.5 Å². The maximum absolute atomic E-state index is 12.1. The van der Waals surface area contributed by atoms with Gasteiger partial charge in [0.15, 0.2) is 0 Å². The largest absolute Gasteiger partial charge is 0.480 e. The van der Waals surface area contributed by atoms with E-state index in [0.717, 1.165) is 12.8 Å². The fourth-order valence-electron chi connectivity index (χ4n) is 2.66. The molecule has 7 heteroatoms. The number of amides is 2. The third kappa shape index (κ3) is 3.36. The van der Waals surface area contributed by atoms with Crippen LogP contribution in [0.2, 0.25) is 0 Å². The highest BCUT2D eigenvalue weighted by atomic mass is 16.5. The molecule has 2 rings (SSSR count). The van der Waals surface area contributed by atoms with Crippen LogP contribution in [0.3, 0.4) is 0 Å². The van der Waals surface area contributed by atoms with Gasteiger partial charge in [-0.3, -0.25) is 0 Å². The Morgan fingerprint density at radius 1 is 1.37 bits per heavy atom. The number of carboxylic acids is 1. The van der Waals surface area contributed by atoms with Gasteiger partial charge >= 0.3 is 12.0 Å². The summed E-state index contributed by atoms with van der Waals surface area (Å²) in [5, 5.41) is 21.4. The first-order chi connectivity index (χ1) is 8.97. The molecule has 2 fully saturated rings. The number of urea groups is 1. The number of hydrogen-bond donors (Lipinski definition) is 3. The summed E-state index contributed by atoms with van der Waals surface area (Å²) in [5.74, 6) is -1.08. The molecule has 2 heterocycles. The Morgan fingerprint density at radius 3 is 2.74 bits per heavy atom. The lowest BCUT2D eigenvalue weighted by molar-refractivity contribution is -0.141. The molecule has 0 bridgehead atoms. The molecule has 19 heavy (non-hydrogen) atoms. The molecule has 0 aromatic carbocycles. The van der Waals surface area contributed by atoms with Gasteiger partial charge in [0.1, 0.15) is 6.04 Å². The number of nitrogens with zero attached hydrogens (tertiary/aromatic N) is 1. The average Bonchev–Trinajstić information content (AvgIpc) is 2.71. The minimum atomic E-state index is -1.08. The Labute approximate surface area is 111 Å². The molecule has 2 saturated heterocycles. The highest BCUT2D eigenvalue weighted by Gasteiger charge is 2.39. The van der Waals surface area contributed by atoms with E-state index in [9.17, 15) is 14.7 Å². The van der Waals surface area contributed by atoms with Gasteiger partial charge < -0.3 is 25.2 Å². The highest BCUT2D eigenvalue weighted by Crippen LogP contribution is 2.19. The van der Waals surface area contributed by atoms with Crippen molar-refractivity contribution >= 4 is 12.0 Å². The van der Waals surface area contributed by atoms with Gasteiger partial charge in [0, 0.05) is 25.6 Å². The number of hydrogen-bond acceptors (Lipinski definition) is 4. The van der Waals surface area contributed by atoms with E-state index in [4.69, 9.17) is 9.84 Å². The molecule has 2 amide bonds. The minimum Gasteiger partial charge on any atom is -0.480 e. The third-order valence-corrected chi connectivity index (χ3v) is 3.64. The first-order valence-electron chi connectivity index (χ1n) is 6.57. The van der Waals surface area contributed by atoms with E-state index in [1.165, 1.54) is 4.90 Å². The molecule has 0 aromatic heterocycles. The van der Waals surface area contributed by atoms with E-state index in [0.29, 0.717) is 6.61 Å². The van der Waals surface area contributed by atoms with Gasteiger partial charge in [0.2, 0.25) is 0 Å². The molecule has 2 aliphatic rings. The van der Waals surface area contributed by atoms with Crippen molar-refractivity contribution in [1.82, 2.24) is 10.2 Å². The van der Waals surface area contributed by atoms with Crippen LogP contribution in [0.5, 0.6) is 0 Å². The van der Waals surface area contributed by atoms with E-state index in [1.54, 1.807) is 0 Å².